The minimum absolute atomic E-state index is 0.203. The molecule has 0 bridgehead atoms. The maximum Gasteiger partial charge on any atom is 0.220 e. The van der Waals surface area contributed by atoms with Crippen molar-refractivity contribution in [2.45, 2.75) is 70.9 Å². The number of benzene rings is 1. The van der Waals surface area contributed by atoms with Gasteiger partial charge in [0.2, 0.25) is 5.91 Å². The summed E-state index contributed by atoms with van der Waals surface area (Å²) in [5, 5.41) is 4.55. The molecule has 152 valence electrons. The molecule has 2 atom stereocenters. The van der Waals surface area contributed by atoms with E-state index >= 15 is 0 Å². The molecule has 1 N–H and O–H groups in total. The van der Waals surface area contributed by atoms with Crippen LogP contribution in [0.15, 0.2) is 30.5 Å². The number of carbonyl (C=O) groups is 1. The second-order valence-electron chi connectivity index (χ2n) is 8.98. The van der Waals surface area contributed by atoms with E-state index in [-0.39, 0.29) is 5.91 Å². The number of amides is 1. The van der Waals surface area contributed by atoms with Crippen molar-refractivity contribution < 1.29 is 4.79 Å². The van der Waals surface area contributed by atoms with E-state index in [1.807, 2.05) is 0 Å². The van der Waals surface area contributed by atoms with Crippen molar-refractivity contribution in [1.82, 2.24) is 14.8 Å². The summed E-state index contributed by atoms with van der Waals surface area (Å²) in [6, 6.07) is 9.68. The summed E-state index contributed by atoms with van der Waals surface area (Å²) in [6.45, 7) is 7.79. The first kappa shape index (κ1) is 19.5. The fourth-order valence-electron chi connectivity index (χ4n) is 5.30. The van der Waals surface area contributed by atoms with Gasteiger partial charge >= 0.3 is 0 Å². The highest BCUT2D eigenvalue weighted by atomic mass is 16.1. The van der Waals surface area contributed by atoms with Gasteiger partial charge in [-0.1, -0.05) is 24.6 Å². The van der Waals surface area contributed by atoms with E-state index in [0.717, 1.165) is 13.0 Å². The quantitative estimate of drug-likeness (QED) is 0.798. The van der Waals surface area contributed by atoms with Crippen molar-refractivity contribution in [3.05, 3.63) is 36.0 Å². The fourth-order valence-corrected chi connectivity index (χ4v) is 5.30. The summed E-state index contributed by atoms with van der Waals surface area (Å²) in [5.74, 6) is 0.843. The van der Waals surface area contributed by atoms with Gasteiger partial charge in [0, 0.05) is 42.1 Å². The topological polar surface area (TPSA) is 37.3 Å². The summed E-state index contributed by atoms with van der Waals surface area (Å²) >= 11 is 0. The highest BCUT2D eigenvalue weighted by Crippen LogP contribution is 2.30. The molecule has 4 rings (SSSR count). The molecule has 2 aliphatic rings. The molecule has 0 unspecified atom stereocenters. The molecule has 28 heavy (non-hydrogen) atoms. The lowest BCUT2D eigenvalue weighted by atomic mass is 9.83. The lowest BCUT2D eigenvalue weighted by Gasteiger charge is -2.44. The Hall–Kier alpha value is -1.81. The molecule has 2 aliphatic heterocycles. The van der Waals surface area contributed by atoms with Crippen LogP contribution >= 0.6 is 0 Å². The van der Waals surface area contributed by atoms with Gasteiger partial charge in [-0.15, -0.1) is 0 Å². The van der Waals surface area contributed by atoms with Crippen molar-refractivity contribution in [3.8, 4) is 0 Å². The van der Waals surface area contributed by atoms with Gasteiger partial charge in [0.1, 0.15) is 0 Å². The SMILES string of the molecule is CC(C)n1cc(CCC(=O)NC[C@H]2CCCN3CCCC[C@H]23)c2ccccc21. The molecule has 4 nitrogen and oxygen atoms in total. The van der Waals surface area contributed by atoms with Crippen LogP contribution in [0.2, 0.25) is 0 Å². The molecule has 1 amide bonds. The smallest absolute Gasteiger partial charge is 0.220 e. The molecule has 0 aliphatic carbocycles. The largest absolute Gasteiger partial charge is 0.356 e. The zero-order valence-corrected chi connectivity index (χ0v) is 17.5. The van der Waals surface area contributed by atoms with Gasteiger partial charge in [0.25, 0.3) is 0 Å². The van der Waals surface area contributed by atoms with Gasteiger partial charge in [0.15, 0.2) is 0 Å². The van der Waals surface area contributed by atoms with E-state index in [4.69, 9.17) is 0 Å². The zero-order valence-electron chi connectivity index (χ0n) is 17.5. The summed E-state index contributed by atoms with van der Waals surface area (Å²) in [5.41, 5.74) is 2.56. The van der Waals surface area contributed by atoms with Crippen molar-refractivity contribution in [1.29, 1.82) is 0 Å². The highest BCUT2D eigenvalue weighted by Gasteiger charge is 2.32. The average Bonchev–Trinajstić information content (AvgIpc) is 3.10. The normalized spacial score (nSPS) is 23.1. The van der Waals surface area contributed by atoms with Crippen LogP contribution in [0.25, 0.3) is 10.9 Å². The number of fused-ring (bicyclic) bond motifs is 2. The fraction of sp³-hybridized carbons (Fsp3) is 0.625. The third-order valence-corrected chi connectivity index (χ3v) is 6.79. The van der Waals surface area contributed by atoms with Gasteiger partial charge in [-0.3, -0.25) is 4.79 Å². The van der Waals surface area contributed by atoms with Crippen LogP contribution in [0.3, 0.4) is 0 Å². The number of para-hydroxylation sites is 1. The zero-order chi connectivity index (χ0) is 19.5. The summed E-state index contributed by atoms with van der Waals surface area (Å²) in [4.78, 5) is 15.2. The molecule has 1 aromatic heterocycles. The van der Waals surface area contributed by atoms with E-state index < -0.39 is 0 Å². The third kappa shape index (κ3) is 4.12. The van der Waals surface area contributed by atoms with Crippen molar-refractivity contribution in [2.75, 3.05) is 19.6 Å². The van der Waals surface area contributed by atoms with Gasteiger partial charge in [0.05, 0.1) is 0 Å². The first-order valence-electron chi connectivity index (χ1n) is 11.2. The number of piperidine rings is 2. The Labute approximate surface area is 169 Å². The number of aromatic nitrogens is 1. The number of nitrogens with zero attached hydrogens (tertiary/aromatic N) is 2. The molecule has 2 saturated heterocycles. The van der Waals surface area contributed by atoms with Crippen LogP contribution in [0, 0.1) is 5.92 Å². The first-order chi connectivity index (χ1) is 13.6. The molecule has 3 heterocycles. The molecule has 4 heteroatoms. The minimum Gasteiger partial charge on any atom is -0.356 e. The van der Waals surface area contributed by atoms with E-state index in [0.29, 0.717) is 24.4 Å². The molecule has 2 aromatic rings. The predicted molar refractivity (Wildman–Crippen MR) is 116 cm³/mol. The number of nitrogens with one attached hydrogen (secondary N) is 1. The Morgan fingerprint density at radius 2 is 1.96 bits per heavy atom. The van der Waals surface area contributed by atoms with E-state index in [2.05, 4.69) is 59.1 Å². The number of carbonyl (C=O) groups excluding carboxylic acids is 1. The Morgan fingerprint density at radius 3 is 2.82 bits per heavy atom. The van der Waals surface area contributed by atoms with Gasteiger partial charge in [-0.2, -0.15) is 0 Å². The first-order valence-corrected chi connectivity index (χ1v) is 11.2. The lowest BCUT2D eigenvalue weighted by molar-refractivity contribution is -0.121. The van der Waals surface area contributed by atoms with E-state index in [1.165, 1.54) is 61.7 Å². The Balaban J connectivity index is 1.33. The summed E-state index contributed by atoms with van der Waals surface area (Å²) in [6.07, 6.45) is 10.2. The van der Waals surface area contributed by atoms with Gasteiger partial charge in [-0.25, -0.2) is 0 Å². The van der Waals surface area contributed by atoms with Crippen LogP contribution in [0.5, 0.6) is 0 Å². The number of hydrogen-bond donors (Lipinski definition) is 1. The summed E-state index contributed by atoms with van der Waals surface area (Å²) < 4.78 is 2.32. The predicted octanol–water partition coefficient (Wildman–Crippen LogP) is 4.54. The Kier molecular flexibility index (Phi) is 6.05. The maximum atomic E-state index is 12.6. The van der Waals surface area contributed by atoms with Crippen LogP contribution in [0.1, 0.15) is 64.0 Å². The van der Waals surface area contributed by atoms with E-state index in [9.17, 15) is 4.79 Å². The number of rotatable bonds is 6. The average molecular weight is 382 g/mol. The monoisotopic (exact) mass is 381 g/mol. The molecule has 0 spiro atoms. The molecule has 0 saturated carbocycles. The number of hydrogen-bond acceptors (Lipinski definition) is 2. The van der Waals surface area contributed by atoms with Crippen molar-refractivity contribution >= 4 is 16.8 Å². The molecule has 1 aromatic carbocycles. The van der Waals surface area contributed by atoms with Crippen LogP contribution in [-0.4, -0.2) is 41.1 Å². The van der Waals surface area contributed by atoms with Crippen LogP contribution < -0.4 is 5.32 Å². The Morgan fingerprint density at radius 1 is 1.14 bits per heavy atom. The summed E-state index contributed by atoms with van der Waals surface area (Å²) in [7, 11) is 0. The molecule has 0 radical (unpaired) electrons. The maximum absolute atomic E-state index is 12.6. The molecular formula is C24H35N3O. The van der Waals surface area contributed by atoms with Gasteiger partial charge < -0.3 is 14.8 Å². The highest BCUT2D eigenvalue weighted by molar-refractivity contribution is 5.85. The number of aryl methyl sites for hydroxylation is 1. The second-order valence-corrected chi connectivity index (χ2v) is 8.98. The van der Waals surface area contributed by atoms with Crippen LogP contribution in [-0.2, 0) is 11.2 Å². The second kappa shape index (κ2) is 8.69. The van der Waals surface area contributed by atoms with Crippen molar-refractivity contribution in [2.24, 2.45) is 5.92 Å². The Bertz CT molecular complexity index is 807. The third-order valence-electron chi connectivity index (χ3n) is 6.79. The van der Waals surface area contributed by atoms with Crippen molar-refractivity contribution in [3.63, 3.8) is 0 Å². The van der Waals surface area contributed by atoms with Crippen LogP contribution in [0.4, 0.5) is 0 Å². The molecule has 2 fully saturated rings. The molecular weight excluding hydrogens is 346 g/mol. The lowest BCUT2D eigenvalue weighted by Crippen LogP contribution is -2.51. The van der Waals surface area contributed by atoms with Gasteiger partial charge in [-0.05, 0) is 76.6 Å². The van der Waals surface area contributed by atoms with E-state index in [1.54, 1.807) is 0 Å². The standard InChI is InChI=1S/C24H35N3O/c1-18(2)27-17-20(21-9-3-4-11-23(21)27)12-13-24(28)25-16-19-8-7-15-26-14-6-5-10-22(19)26/h3-4,9,11,17-19,22H,5-8,10,12-16H2,1-2H3,(H,25,28)/t19-,22-/m1/s1. The minimum atomic E-state index is 0.203.